The van der Waals surface area contributed by atoms with Gasteiger partial charge in [0, 0.05) is 5.92 Å². The summed E-state index contributed by atoms with van der Waals surface area (Å²) < 4.78 is 25.2. The van der Waals surface area contributed by atoms with Crippen LogP contribution in [0.4, 0.5) is 0 Å². The maximum atomic E-state index is 12.6. The summed E-state index contributed by atoms with van der Waals surface area (Å²) in [6.07, 6.45) is 18.2. The lowest BCUT2D eigenvalue weighted by atomic mass is 10.0. The number of benzene rings is 1. The Morgan fingerprint density at radius 2 is 1.29 bits per heavy atom. The van der Waals surface area contributed by atoms with Gasteiger partial charge >= 0.3 is 0 Å². The van der Waals surface area contributed by atoms with E-state index in [-0.39, 0.29) is 10.8 Å². The van der Waals surface area contributed by atoms with Crippen LogP contribution in [-0.2, 0) is 9.84 Å². The van der Waals surface area contributed by atoms with Crippen molar-refractivity contribution in [1.29, 1.82) is 0 Å². The molecule has 1 aliphatic carbocycles. The topological polar surface area (TPSA) is 54.4 Å². The maximum Gasteiger partial charge on any atom is 0.208 e. The standard InChI is InChI=1S/C24H40O3S/c1-2-3-4-5-6-7-8-9-10-11-12-13-15-18-22-21-24(22,25)28(26,27)23-19-16-14-17-20-23/h14,16-17,19-20,22,25H,2-13,15,18,21H2,1H3. The summed E-state index contributed by atoms with van der Waals surface area (Å²) in [7, 11) is -3.63. The van der Waals surface area contributed by atoms with Crippen molar-refractivity contribution >= 4 is 9.84 Å². The second-order valence-corrected chi connectivity index (χ2v) is 10.8. The van der Waals surface area contributed by atoms with E-state index < -0.39 is 14.8 Å². The molecule has 0 bridgehead atoms. The average molecular weight is 409 g/mol. The first-order valence-electron chi connectivity index (χ1n) is 11.5. The molecule has 0 radical (unpaired) electrons. The third kappa shape index (κ3) is 6.88. The van der Waals surface area contributed by atoms with Gasteiger partial charge in [0.1, 0.15) is 0 Å². The van der Waals surface area contributed by atoms with E-state index in [0.29, 0.717) is 6.42 Å². The van der Waals surface area contributed by atoms with Gasteiger partial charge < -0.3 is 5.11 Å². The van der Waals surface area contributed by atoms with Crippen LogP contribution < -0.4 is 0 Å². The zero-order valence-electron chi connectivity index (χ0n) is 17.7. The lowest BCUT2D eigenvalue weighted by molar-refractivity contribution is 0.207. The van der Waals surface area contributed by atoms with Crippen LogP contribution in [0.15, 0.2) is 35.2 Å². The first-order chi connectivity index (χ1) is 13.5. The van der Waals surface area contributed by atoms with E-state index in [4.69, 9.17) is 0 Å². The number of hydrogen-bond acceptors (Lipinski definition) is 3. The number of unbranched alkanes of at least 4 members (excludes halogenated alkanes) is 12. The fraction of sp³-hybridized carbons (Fsp3) is 0.750. The minimum Gasteiger partial charge on any atom is -0.374 e. The van der Waals surface area contributed by atoms with Crippen LogP contribution >= 0.6 is 0 Å². The van der Waals surface area contributed by atoms with Crippen LogP contribution in [0.3, 0.4) is 0 Å². The molecule has 3 nitrogen and oxygen atoms in total. The summed E-state index contributed by atoms with van der Waals surface area (Å²) in [6.45, 7) is 2.26. The zero-order valence-corrected chi connectivity index (χ0v) is 18.6. The normalized spacial score (nSPS) is 21.7. The Labute approximate surface area is 172 Å². The Bertz CT molecular complexity index is 641. The second kappa shape index (κ2) is 12.0. The van der Waals surface area contributed by atoms with Gasteiger partial charge in [0.2, 0.25) is 9.84 Å². The van der Waals surface area contributed by atoms with E-state index in [9.17, 15) is 13.5 Å². The SMILES string of the molecule is CCCCCCCCCCCCCCCC1CC1(O)S(=O)(=O)c1ccccc1. The van der Waals surface area contributed by atoms with E-state index in [0.717, 1.165) is 19.3 Å². The summed E-state index contributed by atoms with van der Waals surface area (Å²) in [5.74, 6) is -0.0922. The van der Waals surface area contributed by atoms with Gasteiger partial charge in [0.05, 0.1) is 4.90 Å². The van der Waals surface area contributed by atoms with Gasteiger partial charge in [-0.15, -0.1) is 0 Å². The van der Waals surface area contributed by atoms with Crippen molar-refractivity contribution in [2.75, 3.05) is 0 Å². The lowest BCUT2D eigenvalue weighted by Gasteiger charge is -2.12. The van der Waals surface area contributed by atoms with Crippen molar-refractivity contribution in [2.24, 2.45) is 5.92 Å². The molecule has 0 heterocycles. The van der Waals surface area contributed by atoms with Crippen LogP contribution in [-0.4, -0.2) is 18.5 Å². The molecule has 160 valence electrons. The Hall–Kier alpha value is -0.870. The zero-order chi connectivity index (χ0) is 20.3. The van der Waals surface area contributed by atoms with Gasteiger partial charge in [-0.25, -0.2) is 8.42 Å². The summed E-state index contributed by atoms with van der Waals surface area (Å²) in [5.41, 5.74) is 0. The van der Waals surface area contributed by atoms with Gasteiger partial charge in [-0.3, -0.25) is 0 Å². The Balaban J connectivity index is 1.48. The molecule has 0 spiro atoms. The molecule has 2 unspecified atom stereocenters. The molecule has 1 fully saturated rings. The van der Waals surface area contributed by atoms with Gasteiger partial charge in [0.15, 0.2) is 4.93 Å². The number of sulfone groups is 1. The Morgan fingerprint density at radius 1 is 0.821 bits per heavy atom. The quantitative estimate of drug-likeness (QED) is 0.311. The lowest BCUT2D eigenvalue weighted by Crippen LogP contribution is -2.25. The molecule has 4 heteroatoms. The van der Waals surface area contributed by atoms with E-state index >= 15 is 0 Å². The largest absolute Gasteiger partial charge is 0.374 e. The van der Waals surface area contributed by atoms with E-state index in [1.807, 2.05) is 0 Å². The van der Waals surface area contributed by atoms with Gasteiger partial charge in [-0.05, 0) is 25.0 Å². The summed E-state index contributed by atoms with van der Waals surface area (Å²) in [5, 5.41) is 10.6. The molecule has 1 N–H and O–H groups in total. The molecule has 1 saturated carbocycles. The molecule has 0 saturated heterocycles. The molecule has 0 aromatic heterocycles. The first kappa shape index (κ1) is 23.4. The third-order valence-electron chi connectivity index (χ3n) is 6.19. The molecular weight excluding hydrogens is 368 g/mol. The summed E-state index contributed by atoms with van der Waals surface area (Å²) in [6, 6.07) is 8.36. The van der Waals surface area contributed by atoms with E-state index in [1.54, 1.807) is 30.3 Å². The fourth-order valence-electron chi connectivity index (χ4n) is 4.16. The first-order valence-corrected chi connectivity index (χ1v) is 13.0. The molecule has 1 aliphatic rings. The highest BCUT2D eigenvalue weighted by Crippen LogP contribution is 2.52. The Morgan fingerprint density at radius 3 is 1.79 bits per heavy atom. The minimum absolute atomic E-state index is 0.0922. The molecule has 1 aromatic carbocycles. The third-order valence-corrected chi connectivity index (χ3v) is 8.52. The van der Waals surface area contributed by atoms with Crippen LogP contribution in [0.5, 0.6) is 0 Å². The molecular formula is C24H40O3S. The van der Waals surface area contributed by atoms with Gasteiger partial charge in [-0.1, -0.05) is 109 Å². The number of hydrogen-bond donors (Lipinski definition) is 1. The van der Waals surface area contributed by atoms with Crippen molar-refractivity contribution in [1.82, 2.24) is 0 Å². The van der Waals surface area contributed by atoms with Crippen LogP contribution in [0.1, 0.15) is 103 Å². The van der Waals surface area contributed by atoms with Crippen LogP contribution in [0.25, 0.3) is 0 Å². The van der Waals surface area contributed by atoms with Crippen molar-refractivity contribution in [2.45, 2.75) is 113 Å². The number of rotatable bonds is 16. The molecule has 2 atom stereocenters. The maximum absolute atomic E-state index is 12.6. The van der Waals surface area contributed by atoms with Gasteiger partial charge in [-0.2, -0.15) is 0 Å². The minimum atomic E-state index is -3.63. The predicted octanol–water partition coefficient (Wildman–Crippen LogP) is 6.65. The molecule has 0 aliphatic heterocycles. The van der Waals surface area contributed by atoms with Crippen LogP contribution in [0.2, 0.25) is 0 Å². The molecule has 28 heavy (non-hydrogen) atoms. The number of aliphatic hydroxyl groups is 1. The van der Waals surface area contributed by atoms with Crippen molar-refractivity contribution < 1.29 is 13.5 Å². The summed E-state index contributed by atoms with van der Waals surface area (Å²) in [4.78, 5) is -1.28. The summed E-state index contributed by atoms with van der Waals surface area (Å²) >= 11 is 0. The highest BCUT2D eigenvalue weighted by atomic mass is 32.2. The van der Waals surface area contributed by atoms with Crippen molar-refractivity contribution in [3.05, 3.63) is 30.3 Å². The molecule has 2 rings (SSSR count). The highest BCUT2D eigenvalue weighted by Gasteiger charge is 2.62. The Kier molecular flexibility index (Phi) is 10.0. The predicted molar refractivity (Wildman–Crippen MR) is 117 cm³/mol. The van der Waals surface area contributed by atoms with Crippen molar-refractivity contribution in [3.63, 3.8) is 0 Å². The average Bonchev–Trinajstić information content (AvgIpc) is 3.38. The second-order valence-electron chi connectivity index (χ2n) is 8.59. The van der Waals surface area contributed by atoms with Gasteiger partial charge in [0.25, 0.3) is 0 Å². The molecule has 0 amide bonds. The van der Waals surface area contributed by atoms with Crippen molar-refractivity contribution in [3.8, 4) is 0 Å². The monoisotopic (exact) mass is 408 g/mol. The fourth-order valence-corrected chi connectivity index (χ4v) is 6.06. The van der Waals surface area contributed by atoms with E-state index in [1.165, 1.54) is 70.6 Å². The van der Waals surface area contributed by atoms with Crippen LogP contribution in [0, 0.1) is 5.92 Å². The smallest absolute Gasteiger partial charge is 0.208 e. The highest BCUT2D eigenvalue weighted by molar-refractivity contribution is 7.93. The molecule has 1 aromatic rings. The van der Waals surface area contributed by atoms with E-state index in [2.05, 4.69) is 6.92 Å².